The van der Waals surface area contributed by atoms with Crippen molar-refractivity contribution in [2.24, 2.45) is 5.41 Å². The van der Waals surface area contributed by atoms with Crippen LogP contribution < -0.4 is 5.32 Å². The second-order valence-corrected chi connectivity index (χ2v) is 8.74. The van der Waals surface area contributed by atoms with Gasteiger partial charge in [0.1, 0.15) is 11.1 Å². The van der Waals surface area contributed by atoms with E-state index in [1.54, 1.807) is 12.1 Å². The highest BCUT2D eigenvalue weighted by atomic mass is 32.2. The first-order chi connectivity index (χ1) is 13.2. The molecule has 2 aromatic rings. The smallest absolute Gasteiger partial charge is 0.240 e. The Kier molecular flexibility index (Phi) is 5.50. The fourth-order valence-corrected chi connectivity index (χ4v) is 5.28. The van der Waals surface area contributed by atoms with Crippen molar-refractivity contribution in [3.05, 3.63) is 66.0 Å². The summed E-state index contributed by atoms with van der Waals surface area (Å²) in [6.07, 6.45) is 3.32. The van der Waals surface area contributed by atoms with Crippen LogP contribution in [0.3, 0.4) is 0 Å². The number of hydrogen-bond donors (Lipinski definition) is 1. The number of carbonyl (C=O) groups excluding carboxylic acids is 1. The molecule has 142 valence electrons. The number of rotatable bonds is 4. The van der Waals surface area contributed by atoms with E-state index in [4.69, 9.17) is 0 Å². The highest BCUT2D eigenvalue weighted by molar-refractivity contribution is 8.00. The number of halogens is 1. The van der Waals surface area contributed by atoms with Crippen LogP contribution in [-0.2, 0) is 4.79 Å². The Balaban J connectivity index is 1.53. The van der Waals surface area contributed by atoms with Crippen LogP contribution in [0.2, 0.25) is 0 Å². The fraction of sp³-hybridized carbons (Fsp3) is 0.409. The van der Waals surface area contributed by atoms with Crippen molar-refractivity contribution < 1.29 is 9.18 Å². The van der Waals surface area contributed by atoms with Gasteiger partial charge in [-0.3, -0.25) is 4.79 Å². The Morgan fingerprint density at radius 1 is 1.04 bits per heavy atom. The van der Waals surface area contributed by atoms with E-state index in [1.165, 1.54) is 24.2 Å². The monoisotopic (exact) mass is 384 g/mol. The molecule has 0 radical (unpaired) electrons. The van der Waals surface area contributed by atoms with Gasteiger partial charge in [-0.1, -0.05) is 42.5 Å². The maximum atomic E-state index is 14.2. The number of hydrogen-bond acceptors (Lipinski definition) is 3. The first-order valence-corrected chi connectivity index (χ1v) is 10.5. The van der Waals surface area contributed by atoms with Crippen molar-refractivity contribution in [1.82, 2.24) is 10.2 Å². The molecular weight excluding hydrogens is 359 g/mol. The molecule has 0 bridgehead atoms. The number of piperidine rings is 1. The normalized spacial score (nSPS) is 20.0. The summed E-state index contributed by atoms with van der Waals surface area (Å²) < 4.78 is 14.2. The van der Waals surface area contributed by atoms with Crippen LogP contribution in [0.4, 0.5) is 4.39 Å². The van der Waals surface area contributed by atoms with E-state index < -0.39 is 5.25 Å². The molecule has 1 atom stereocenters. The molecule has 2 aliphatic rings. The summed E-state index contributed by atoms with van der Waals surface area (Å²) in [6, 6.07) is 16.4. The van der Waals surface area contributed by atoms with Gasteiger partial charge in [-0.05, 0) is 48.9 Å². The predicted octanol–water partition coefficient (Wildman–Crippen LogP) is 4.26. The molecular formula is C22H25FN2OS. The van der Waals surface area contributed by atoms with E-state index in [-0.39, 0.29) is 11.7 Å². The molecule has 2 saturated heterocycles. The average molecular weight is 385 g/mol. The number of likely N-dealkylation sites (tertiary alicyclic amines) is 1. The van der Waals surface area contributed by atoms with Crippen LogP contribution >= 0.6 is 11.8 Å². The molecule has 1 unspecified atom stereocenters. The van der Waals surface area contributed by atoms with Gasteiger partial charge in [0.2, 0.25) is 5.91 Å². The maximum Gasteiger partial charge on any atom is 0.240 e. The van der Waals surface area contributed by atoms with E-state index >= 15 is 0 Å². The molecule has 2 aliphatic heterocycles. The molecule has 2 aromatic carbocycles. The minimum Gasteiger partial charge on any atom is -0.341 e. The lowest BCUT2D eigenvalue weighted by Gasteiger charge is -2.40. The quantitative estimate of drug-likeness (QED) is 0.800. The largest absolute Gasteiger partial charge is 0.341 e. The molecule has 2 heterocycles. The van der Waals surface area contributed by atoms with E-state index in [0.29, 0.717) is 10.3 Å². The number of amides is 1. The topological polar surface area (TPSA) is 32.3 Å². The van der Waals surface area contributed by atoms with Crippen molar-refractivity contribution in [3.8, 4) is 0 Å². The Morgan fingerprint density at radius 2 is 1.74 bits per heavy atom. The Morgan fingerprint density at radius 3 is 2.41 bits per heavy atom. The minimum atomic E-state index is -0.418. The predicted molar refractivity (Wildman–Crippen MR) is 107 cm³/mol. The molecule has 0 saturated carbocycles. The second-order valence-electron chi connectivity index (χ2n) is 7.59. The summed E-state index contributed by atoms with van der Waals surface area (Å²) in [5.41, 5.74) is 1.30. The molecule has 0 aliphatic carbocycles. The highest BCUT2D eigenvalue weighted by Crippen LogP contribution is 2.41. The van der Waals surface area contributed by atoms with Gasteiger partial charge in [0.25, 0.3) is 0 Å². The lowest BCUT2D eigenvalue weighted by molar-refractivity contribution is -0.132. The van der Waals surface area contributed by atoms with Crippen LogP contribution in [-0.4, -0.2) is 37.0 Å². The Labute approximate surface area is 164 Å². The highest BCUT2D eigenvalue weighted by Gasteiger charge is 2.39. The van der Waals surface area contributed by atoms with Crippen molar-refractivity contribution in [2.45, 2.75) is 29.4 Å². The summed E-state index contributed by atoms with van der Waals surface area (Å²) in [4.78, 5) is 15.9. The second kappa shape index (κ2) is 8.03. The van der Waals surface area contributed by atoms with E-state index in [0.717, 1.165) is 44.6 Å². The molecule has 4 rings (SSSR count). The van der Waals surface area contributed by atoms with E-state index in [9.17, 15) is 9.18 Å². The van der Waals surface area contributed by atoms with Crippen LogP contribution in [0.15, 0.2) is 59.5 Å². The Hall–Kier alpha value is -1.85. The van der Waals surface area contributed by atoms with Crippen LogP contribution in [0.5, 0.6) is 0 Å². The van der Waals surface area contributed by atoms with Gasteiger partial charge in [-0.2, -0.15) is 0 Å². The Bertz CT molecular complexity index is 782. The standard InChI is InChI=1S/C22H25FN2OS/c23-18-8-4-5-9-19(18)27-20(17-6-2-1-3-7-17)21(26)25-14-11-22(12-15-25)10-13-24-16-22/h1-9,20,24H,10-16H2. The van der Waals surface area contributed by atoms with E-state index in [2.05, 4.69) is 5.32 Å². The lowest BCUT2D eigenvalue weighted by atomic mass is 9.78. The van der Waals surface area contributed by atoms with Crippen molar-refractivity contribution in [3.63, 3.8) is 0 Å². The third-order valence-corrected chi connectivity index (χ3v) is 7.17. The van der Waals surface area contributed by atoms with Gasteiger partial charge < -0.3 is 10.2 Å². The molecule has 0 aromatic heterocycles. The van der Waals surface area contributed by atoms with Gasteiger partial charge in [-0.15, -0.1) is 11.8 Å². The zero-order valence-electron chi connectivity index (χ0n) is 15.4. The third kappa shape index (κ3) is 4.04. The first-order valence-electron chi connectivity index (χ1n) is 9.63. The summed E-state index contributed by atoms with van der Waals surface area (Å²) in [5, 5.41) is 3.05. The van der Waals surface area contributed by atoms with Crippen LogP contribution in [0, 0.1) is 11.2 Å². The van der Waals surface area contributed by atoms with Gasteiger partial charge in [0.15, 0.2) is 0 Å². The number of nitrogens with one attached hydrogen (secondary N) is 1. The first kappa shape index (κ1) is 18.5. The summed E-state index contributed by atoms with van der Waals surface area (Å²) in [7, 11) is 0. The SMILES string of the molecule is O=C(C(Sc1ccccc1F)c1ccccc1)N1CCC2(CCNC2)CC1. The molecule has 1 amide bonds. The van der Waals surface area contributed by atoms with Crippen molar-refractivity contribution in [2.75, 3.05) is 26.2 Å². The molecule has 5 heteroatoms. The molecule has 1 spiro atoms. The molecule has 27 heavy (non-hydrogen) atoms. The molecule has 2 fully saturated rings. The van der Waals surface area contributed by atoms with E-state index in [1.807, 2.05) is 41.3 Å². The van der Waals surface area contributed by atoms with Crippen LogP contribution in [0.1, 0.15) is 30.1 Å². The molecule has 1 N–H and O–H groups in total. The van der Waals surface area contributed by atoms with Crippen LogP contribution in [0.25, 0.3) is 0 Å². The van der Waals surface area contributed by atoms with Gasteiger partial charge in [0, 0.05) is 24.5 Å². The van der Waals surface area contributed by atoms with Gasteiger partial charge >= 0.3 is 0 Å². The average Bonchev–Trinajstić information content (AvgIpc) is 3.16. The van der Waals surface area contributed by atoms with Crippen molar-refractivity contribution >= 4 is 17.7 Å². The lowest BCUT2D eigenvalue weighted by Crippen LogP contribution is -2.45. The summed E-state index contributed by atoms with van der Waals surface area (Å²) >= 11 is 1.32. The summed E-state index contributed by atoms with van der Waals surface area (Å²) in [6.45, 7) is 3.74. The zero-order valence-corrected chi connectivity index (χ0v) is 16.2. The van der Waals surface area contributed by atoms with Gasteiger partial charge in [-0.25, -0.2) is 4.39 Å². The molecule has 3 nitrogen and oxygen atoms in total. The van der Waals surface area contributed by atoms with Gasteiger partial charge in [0.05, 0.1) is 0 Å². The number of nitrogens with zero attached hydrogens (tertiary/aromatic N) is 1. The number of benzene rings is 2. The third-order valence-electron chi connectivity index (χ3n) is 5.88. The van der Waals surface area contributed by atoms with Crippen molar-refractivity contribution in [1.29, 1.82) is 0 Å². The number of thioether (sulfide) groups is 1. The number of carbonyl (C=O) groups is 1. The summed E-state index contributed by atoms with van der Waals surface area (Å²) in [5.74, 6) is -0.180. The zero-order chi connectivity index (χ0) is 18.7. The fourth-order valence-electron chi connectivity index (χ4n) is 4.15. The maximum absolute atomic E-state index is 14.2. The minimum absolute atomic E-state index is 0.0928.